The first-order valence-electron chi connectivity index (χ1n) is 5.79. The van der Waals surface area contributed by atoms with Gasteiger partial charge in [0.1, 0.15) is 0 Å². The quantitative estimate of drug-likeness (QED) is 0.765. The molecular weight excluding hydrogens is 258 g/mol. The van der Waals surface area contributed by atoms with Crippen molar-refractivity contribution in [2.24, 2.45) is 0 Å². The Kier molecular flexibility index (Phi) is 3.12. The Labute approximate surface area is 114 Å². The molecule has 1 amide bonds. The number of carbonyl (C=O) groups is 1. The topological polar surface area (TPSA) is 57.8 Å². The molecule has 94 valence electrons. The summed E-state index contributed by atoms with van der Waals surface area (Å²) in [5.74, 6) is -0.0954. The minimum Gasteiger partial charge on any atom is -0.321 e. The number of nitrogens with zero attached hydrogens (tertiary/aromatic N) is 1. The number of hydrogen-bond donors (Lipinski definition) is 2. The van der Waals surface area contributed by atoms with E-state index in [1.54, 1.807) is 6.20 Å². The lowest BCUT2D eigenvalue weighted by Crippen LogP contribution is -2.09. The van der Waals surface area contributed by atoms with Gasteiger partial charge >= 0.3 is 0 Å². The van der Waals surface area contributed by atoms with Gasteiger partial charge in [-0.2, -0.15) is 5.10 Å². The van der Waals surface area contributed by atoms with Gasteiger partial charge in [0.15, 0.2) is 0 Å². The number of thiophene rings is 1. The molecule has 1 aromatic carbocycles. The van der Waals surface area contributed by atoms with Crippen LogP contribution < -0.4 is 5.32 Å². The third-order valence-electron chi connectivity index (χ3n) is 2.63. The van der Waals surface area contributed by atoms with Gasteiger partial charge < -0.3 is 5.32 Å². The maximum Gasteiger partial charge on any atom is 0.265 e. The molecule has 0 spiro atoms. The first-order chi connectivity index (χ1) is 9.33. The van der Waals surface area contributed by atoms with E-state index in [2.05, 4.69) is 15.5 Å². The normalized spacial score (nSPS) is 10.3. The molecule has 0 radical (unpaired) electrons. The van der Waals surface area contributed by atoms with Crippen molar-refractivity contribution in [2.75, 3.05) is 5.32 Å². The fourth-order valence-electron chi connectivity index (χ4n) is 1.71. The summed E-state index contributed by atoms with van der Waals surface area (Å²) in [6.45, 7) is 0. The van der Waals surface area contributed by atoms with Crippen LogP contribution in [0, 0.1) is 0 Å². The average molecular weight is 269 g/mol. The van der Waals surface area contributed by atoms with E-state index >= 15 is 0 Å². The minimum absolute atomic E-state index is 0.0954. The Morgan fingerprint density at radius 3 is 2.68 bits per heavy atom. The molecule has 0 aliphatic rings. The Morgan fingerprint density at radius 2 is 1.95 bits per heavy atom. The Morgan fingerprint density at radius 1 is 1.11 bits per heavy atom. The van der Waals surface area contributed by atoms with Gasteiger partial charge in [-0.05, 0) is 30.3 Å². The summed E-state index contributed by atoms with van der Waals surface area (Å²) in [6.07, 6.45) is 1.69. The van der Waals surface area contributed by atoms with Gasteiger partial charge in [-0.25, -0.2) is 0 Å². The van der Waals surface area contributed by atoms with E-state index in [0.29, 0.717) is 4.88 Å². The standard InChI is InChI=1S/C14H11N3OS/c18-14(16-10-4-2-1-3-5-10)13-7-6-12(19-13)11-8-9-15-17-11/h1-9H,(H,15,17)(H,16,18). The Bertz CT molecular complexity index is 674. The minimum atomic E-state index is -0.0954. The van der Waals surface area contributed by atoms with Crippen molar-refractivity contribution in [3.8, 4) is 10.6 Å². The number of aromatic amines is 1. The van der Waals surface area contributed by atoms with Crippen molar-refractivity contribution in [3.63, 3.8) is 0 Å². The largest absolute Gasteiger partial charge is 0.321 e. The first-order valence-corrected chi connectivity index (χ1v) is 6.60. The van der Waals surface area contributed by atoms with Crippen LogP contribution in [-0.2, 0) is 0 Å². The van der Waals surface area contributed by atoms with Crippen LogP contribution in [0.3, 0.4) is 0 Å². The zero-order valence-corrected chi connectivity index (χ0v) is 10.8. The van der Waals surface area contributed by atoms with E-state index < -0.39 is 0 Å². The first kappa shape index (κ1) is 11.7. The summed E-state index contributed by atoms with van der Waals surface area (Å²) >= 11 is 1.43. The molecule has 2 aromatic heterocycles. The monoisotopic (exact) mass is 269 g/mol. The van der Waals surface area contributed by atoms with E-state index in [4.69, 9.17) is 0 Å². The predicted molar refractivity (Wildman–Crippen MR) is 76.3 cm³/mol. The molecule has 0 saturated heterocycles. The molecule has 0 bridgehead atoms. The number of benzene rings is 1. The van der Waals surface area contributed by atoms with Gasteiger partial charge in [0.05, 0.1) is 15.4 Å². The molecule has 19 heavy (non-hydrogen) atoms. The lowest BCUT2D eigenvalue weighted by Gasteiger charge is -2.02. The van der Waals surface area contributed by atoms with Crippen molar-refractivity contribution in [3.05, 3.63) is 59.6 Å². The zero-order chi connectivity index (χ0) is 13.1. The molecule has 0 atom stereocenters. The van der Waals surface area contributed by atoms with E-state index in [9.17, 15) is 4.79 Å². The lowest BCUT2D eigenvalue weighted by molar-refractivity contribution is 0.103. The summed E-state index contributed by atoms with van der Waals surface area (Å²) in [6, 6.07) is 15.0. The molecule has 0 saturated carbocycles. The van der Waals surface area contributed by atoms with Gasteiger partial charge in [-0.1, -0.05) is 18.2 Å². The number of rotatable bonds is 3. The summed E-state index contributed by atoms with van der Waals surface area (Å²) in [5.41, 5.74) is 1.72. The highest BCUT2D eigenvalue weighted by molar-refractivity contribution is 7.17. The number of aromatic nitrogens is 2. The van der Waals surface area contributed by atoms with Crippen molar-refractivity contribution >= 4 is 22.9 Å². The van der Waals surface area contributed by atoms with Gasteiger partial charge in [0.25, 0.3) is 5.91 Å². The third-order valence-corrected chi connectivity index (χ3v) is 3.74. The fourth-order valence-corrected chi connectivity index (χ4v) is 2.59. The highest BCUT2D eigenvalue weighted by atomic mass is 32.1. The summed E-state index contributed by atoms with van der Waals surface area (Å²) in [7, 11) is 0. The van der Waals surface area contributed by atoms with Crippen LogP contribution >= 0.6 is 11.3 Å². The van der Waals surface area contributed by atoms with Crippen LogP contribution in [0.4, 0.5) is 5.69 Å². The van der Waals surface area contributed by atoms with Crippen molar-refractivity contribution in [2.45, 2.75) is 0 Å². The van der Waals surface area contributed by atoms with Crippen LogP contribution in [0.5, 0.6) is 0 Å². The predicted octanol–water partition coefficient (Wildman–Crippen LogP) is 3.39. The van der Waals surface area contributed by atoms with Gasteiger partial charge in [-0.3, -0.25) is 9.89 Å². The summed E-state index contributed by atoms with van der Waals surface area (Å²) < 4.78 is 0. The van der Waals surface area contributed by atoms with E-state index in [1.165, 1.54) is 11.3 Å². The molecular formula is C14H11N3OS. The third kappa shape index (κ3) is 2.56. The number of nitrogens with one attached hydrogen (secondary N) is 2. The van der Waals surface area contributed by atoms with E-state index in [1.807, 2.05) is 48.5 Å². The number of anilines is 1. The summed E-state index contributed by atoms with van der Waals surface area (Å²) in [5, 5.41) is 9.65. The average Bonchev–Trinajstić information content (AvgIpc) is 3.11. The van der Waals surface area contributed by atoms with Gasteiger partial charge in [0.2, 0.25) is 0 Å². The number of carbonyl (C=O) groups excluding carboxylic acids is 1. The number of para-hydroxylation sites is 1. The van der Waals surface area contributed by atoms with Gasteiger partial charge in [-0.15, -0.1) is 11.3 Å². The molecule has 3 aromatic rings. The second-order valence-corrected chi connectivity index (χ2v) is 5.04. The summed E-state index contributed by atoms with van der Waals surface area (Å²) in [4.78, 5) is 13.7. The molecule has 0 aliphatic carbocycles. The molecule has 2 N–H and O–H groups in total. The number of amides is 1. The molecule has 3 rings (SSSR count). The number of H-pyrrole nitrogens is 1. The lowest BCUT2D eigenvalue weighted by atomic mass is 10.3. The molecule has 0 fully saturated rings. The van der Waals surface area contributed by atoms with Crippen molar-refractivity contribution in [1.82, 2.24) is 10.2 Å². The maximum absolute atomic E-state index is 12.1. The number of hydrogen-bond acceptors (Lipinski definition) is 3. The second-order valence-electron chi connectivity index (χ2n) is 3.95. The van der Waals surface area contributed by atoms with Crippen molar-refractivity contribution in [1.29, 1.82) is 0 Å². The van der Waals surface area contributed by atoms with Crippen LogP contribution in [0.15, 0.2) is 54.7 Å². The molecule has 0 aliphatic heterocycles. The SMILES string of the molecule is O=C(Nc1ccccc1)c1ccc(-c2ccn[nH]2)s1. The van der Waals surface area contributed by atoms with Crippen LogP contribution in [0.25, 0.3) is 10.6 Å². The van der Waals surface area contributed by atoms with Crippen molar-refractivity contribution < 1.29 is 4.79 Å². The van der Waals surface area contributed by atoms with E-state index in [0.717, 1.165) is 16.3 Å². The Hall–Kier alpha value is -2.40. The molecule has 4 nitrogen and oxygen atoms in total. The fraction of sp³-hybridized carbons (Fsp3) is 0. The highest BCUT2D eigenvalue weighted by Gasteiger charge is 2.10. The van der Waals surface area contributed by atoms with Crippen LogP contribution in [-0.4, -0.2) is 16.1 Å². The smallest absolute Gasteiger partial charge is 0.265 e. The van der Waals surface area contributed by atoms with Gasteiger partial charge in [0, 0.05) is 11.9 Å². The van der Waals surface area contributed by atoms with Crippen LogP contribution in [0.2, 0.25) is 0 Å². The van der Waals surface area contributed by atoms with E-state index in [-0.39, 0.29) is 5.91 Å². The highest BCUT2D eigenvalue weighted by Crippen LogP contribution is 2.26. The Balaban J connectivity index is 1.78. The van der Waals surface area contributed by atoms with Crippen LogP contribution in [0.1, 0.15) is 9.67 Å². The molecule has 0 unspecified atom stereocenters. The maximum atomic E-state index is 12.1. The molecule has 5 heteroatoms. The molecule has 2 heterocycles. The second kappa shape index (κ2) is 5.07. The zero-order valence-electron chi connectivity index (χ0n) is 9.96.